The van der Waals surface area contributed by atoms with Gasteiger partial charge in [0, 0.05) is 22.8 Å². The zero-order valence-corrected chi connectivity index (χ0v) is 18.9. The summed E-state index contributed by atoms with van der Waals surface area (Å²) in [6.45, 7) is 4.66. The molecule has 3 aliphatic carbocycles. The molecule has 3 saturated carbocycles. The van der Waals surface area contributed by atoms with Crippen molar-refractivity contribution >= 4 is 11.4 Å². The first-order valence-corrected chi connectivity index (χ1v) is 11.5. The Kier molecular flexibility index (Phi) is 4.08. The molecule has 3 aliphatic rings. The molecule has 34 heavy (non-hydrogen) atoms. The number of fused-ring (bicyclic) bond motifs is 4. The maximum absolute atomic E-state index is 11.6. The lowest BCUT2D eigenvalue weighted by Crippen LogP contribution is -2.66. The maximum Gasteiger partial charge on any atom is 0.317 e. The highest BCUT2D eigenvalue weighted by Crippen LogP contribution is 2.96. The van der Waals surface area contributed by atoms with Crippen molar-refractivity contribution in [3.05, 3.63) is 110 Å². The van der Waals surface area contributed by atoms with Crippen molar-refractivity contribution in [1.29, 1.82) is 0 Å². The van der Waals surface area contributed by atoms with Gasteiger partial charge in [-0.2, -0.15) is 0 Å². The summed E-state index contributed by atoms with van der Waals surface area (Å²) < 4.78 is 6.26. The number of non-ortho nitro benzene ring substituents is 1. The second kappa shape index (κ2) is 6.65. The number of nitro benzene ring substituents is 2. The molecule has 0 unspecified atom stereocenters. The summed E-state index contributed by atoms with van der Waals surface area (Å²) in [7, 11) is 0. The summed E-state index contributed by atoms with van der Waals surface area (Å²) in [6.07, 6.45) is 0.607. The Labute approximate surface area is 196 Å². The second-order valence-corrected chi connectivity index (χ2v) is 10.2. The Morgan fingerprint density at radius 3 is 1.97 bits per heavy atom. The normalized spacial score (nSPS) is 31.8. The fourth-order valence-corrected chi connectivity index (χ4v) is 8.05. The average Bonchev–Trinajstić information content (AvgIpc) is 3.21. The Hall–Kier alpha value is -3.74. The minimum absolute atomic E-state index is 0.00541. The zero-order chi connectivity index (χ0) is 23.9. The Bertz CT molecular complexity index is 1330. The van der Waals surface area contributed by atoms with Gasteiger partial charge in [0.2, 0.25) is 0 Å². The maximum atomic E-state index is 11.6. The van der Waals surface area contributed by atoms with Crippen LogP contribution in [-0.2, 0) is 10.8 Å². The minimum Gasteiger partial charge on any atom is -0.483 e. The van der Waals surface area contributed by atoms with Crippen LogP contribution >= 0.6 is 0 Å². The third kappa shape index (κ3) is 2.18. The fraction of sp³-hybridized carbons (Fsp3) is 0.333. The van der Waals surface area contributed by atoms with Crippen LogP contribution in [0.2, 0.25) is 0 Å². The minimum atomic E-state index is -0.632. The molecule has 172 valence electrons. The number of hydrogen-bond acceptors (Lipinski definition) is 5. The molecule has 0 amide bonds. The molecule has 0 N–H and O–H groups in total. The summed E-state index contributed by atoms with van der Waals surface area (Å²) in [5, 5.41) is 22.8. The highest BCUT2D eigenvalue weighted by atomic mass is 16.6. The first kappa shape index (κ1) is 20.8. The standard InChI is InChI=1S/C27H24N2O5/c1-25(2)26(17-9-5-3-6-10-17)20-16-23(24(20)27(25,26)18-11-7-4-8-12-18)34-22-14-13-19(28(30)31)15-21(22)29(32)33/h3-15,20,23-24H,16H2,1-2H3/t20-,23-,24+,26+,27-/m0/s1. The topological polar surface area (TPSA) is 95.5 Å². The first-order valence-electron chi connectivity index (χ1n) is 11.5. The number of nitrogens with zero attached hydrogens (tertiary/aromatic N) is 2. The van der Waals surface area contributed by atoms with Gasteiger partial charge in [-0.05, 0) is 34.9 Å². The number of nitro groups is 2. The third-order valence-electron chi connectivity index (χ3n) is 8.99. The van der Waals surface area contributed by atoms with Gasteiger partial charge in [-0.3, -0.25) is 20.2 Å². The van der Waals surface area contributed by atoms with Crippen LogP contribution in [0, 0.1) is 37.5 Å². The molecule has 3 aromatic carbocycles. The lowest BCUT2D eigenvalue weighted by atomic mass is 9.43. The molecule has 0 spiro atoms. The van der Waals surface area contributed by atoms with Crippen LogP contribution in [0.4, 0.5) is 11.4 Å². The zero-order valence-electron chi connectivity index (χ0n) is 18.9. The van der Waals surface area contributed by atoms with E-state index in [4.69, 9.17) is 4.74 Å². The van der Waals surface area contributed by atoms with E-state index in [1.807, 2.05) is 12.1 Å². The van der Waals surface area contributed by atoms with Gasteiger partial charge in [-0.25, -0.2) is 0 Å². The summed E-state index contributed by atoms with van der Waals surface area (Å²) in [6, 6.07) is 24.8. The van der Waals surface area contributed by atoms with Crippen LogP contribution in [0.25, 0.3) is 0 Å². The van der Waals surface area contributed by atoms with E-state index >= 15 is 0 Å². The van der Waals surface area contributed by atoms with Gasteiger partial charge in [-0.15, -0.1) is 0 Å². The Morgan fingerprint density at radius 2 is 1.41 bits per heavy atom. The van der Waals surface area contributed by atoms with Crippen LogP contribution in [0.3, 0.4) is 0 Å². The molecule has 3 fully saturated rings. The van der Waals surface area contributed by atoms with Gasteiger partial charge >= 0.3 is 5.69 Å². The molecular weight excluding hydrogens is 432 g/mol. The summed E-state index contributed by atoms with van der Waals surface area (Å²) in [4.78, 5) is 21.5. The third-order valence-corrected chi connectivity index (χ3v) is 8.99. The SMILES string of the molecule is CC1(C)[C@]2(c3ccccc3)[C@H]3[C@@H](Oc4ccc([N+](=O)[O-])cc4[N+](=O)[O-])C[C@@H]3[C@]12c1ccccc1. The monoisotopic (exact) mass is 456 g/mol. The van der Waals surface area contributed by atoms with Crippen LogP contribution in [0.1, 0.15) is 31.4 Å². The Morgan fingerprint density at radius 1 is 0.824 bits per heavy atom. The van der Waals surface area contributed by atoms with Crippen LogP contribution in [-0.4, -0.2) is 16.0 Å². The van der Waals surface area contributed by atoms with E-state index in [-0.39, 0.29) is 45.4 Å². The van der Waals surface area contributed by atoms with Gasteiger partial charge in [0.25, 0.3) is 5.69 Å². The Balaban J connectivity index is 1.41. The average molecular weight is 456 g/mol. The molecular formula is C27H24N2O5. The lowest BCUT2D eigenvalue weighted by Gasteiger charge is -2.62. The lowest BCUT2D eigenvalue weighted by molar-refractivity contribution is -0.395. The summed E-state index contributed by atoms with van der Waals surface area (Å²) >= 11 is 0. The fourth-order valence-electron chi connectivity index (χ4n) is 8.05. The predicted molar refractivity (Wildman–Crippen MR) is 126 cm³/mol. The van der Waals surface area contributed by atoms with Crippen molar-refractivity contribution in [3.63, 3.8) is 0 Å². The molecule has 0 bridgehead atoms. The van der Waals surface area contributed by atoms with E-state index in [0.717, 1.165) is 12.5 Å². The molecule has 7 heteroatoms. The van der Waals surface area contributed by atoms with Crippen molar-refractivity contribution in [2.24, 2.45) is 17.3 Å². The molecule has 0 heterocycles. The number of ether oxygens (including phenoxy) is 1. The van der Waals surface area contributed by atoms with Crippen LogP contribution in [0.15, 0.2) is 78.9 Å². The van der Waals surface area contributed by atoms with E-state index in [9.17, 15) is 20.2 Å². The van der Waals surface area contributed by atoms with Gasteiger partial charge in [0.05, 0.1) is 15.9 Å². The molecule has 3 aromatic rings. The van der Waals surface area contributed by atoms with Crippen molar-refractivity contribution in [2.45, 2.75) is 37.2 Å². The predicted octanol–water partition coefficient (Wildman–Crippen LogP) is 5.82. The van der Waals surface area contributed by atoms with E-state index in [2.05, 4.69) is 62.4 Å². The van der Waals surface area contributed by atoms with E-state index in [0.29, 0.717) is 5.92 Å². The molecule has 6 rings (SSSR count). The molecule has 0 aromatic heterocycles. The highest BCUT2D eigenvalue weighted by Gasteiger charge is 2.99. The molecule has 0 radical (unpaired) electrons. The number of benzene rings is 3. The second-order valence-electron chi connectivity index (χ2n) is 10.2. The van der Waals surface area contributed by atoms with E-state index < -0.39 is 9.85 Å². The van der Waals surface area contributed by atoms with Gasteiger partial charge in [0.1, 0.15) is 6.10 Å². The van der Waals surface area contributed by atoms with Crippen LogP contribution in [0.5, 0.6) is 5.75 Å². The van der Waals surface area contributed by atoms with E-state index in [1.54, 1.807) is 0 Å². The molecule has 0 saturated heterocycles. The first-order chi connectivity index (χ1) is 16.3. The quantitative estimate of drug-likeness (QED) is 0.344. The van der Waals surface area contributed by atoms with Crippen LogP contribution < -0.4 is 4.74 Å². The van der Waals surface area contributed by atoms with Gasteiger partial charge < -0.3 is 4.74 Å². The number of rotatable bonds is 6. The summed E-state index contributed by atoms with van der Waals surface area (Å²) in [5.74, 6) is 0.713. The smallest absolute Gasteiger partial charge is 0.317 e. The molecule has 7 nitrogen and oxygen atoms in total. The van der Waals surface area contributed by atoms with E-state index in [1.165, 1.54) is 23.3 Å². The van der Waals surface area contributed by atoms with Crippen molar-refractivity contribution in [3.8, 4) is 5.75 Å². The van der Waals surface area contributed by atoms with Crippen molar-refractivity contribution < 1.29 is 14.6 Å². The van der Waals surface area contributed by atoms with Gasteiger partial charge in [-0.1, -0.05) is 74.5 Å². The molecule has 0 aliphatic heterocycles. The number of hydrogen-bond donors (Lipinski definition) is 0. The van der Waals surface area contributed by atoms with Crippen molar-refractivity contribution in [2.75, 3.05) is 0 Å². The largest absolute Gasteiger partial charge is 0.483 e. The summed E-state index contributed by atoms with van der Waals surface area (Å²) in [5.41, 5.74) is 1.77. The highest BCUT2D eigenvalue weighted by molar-refractivity contribution is 5.66. The van der Waals surface area contributed by atoms with Gasteiger partial charge in [0.15, 0.2) is 5.75 Å². The molecule has 5 atom stereocenters. The van der Waals surface area contributed by atoms with Crippen molar-refractivity contribution in [1.82, 2.24) is 0 Å².